The zero-order valence-corrected chi connectivity index (χ0v) is 14.5. The largest absolute Gasteiger partial charge is 0.451 e. The van der Waals surface area contributed by atoms with Crippen molar-refractivity contribution < 1.29 is 27.9 Å². The summed E-state index contributed by atoms with van der Waals surface area (Å²) in [6.45, 7) is 0.884. The van der Waals surface area contributed by atoms with Gasteiger partial charge in [-0.15, -0.1) is 0 Å². The lowest BCUT2D eigenvalue weighted by atomic mass is 10.1. The molecule has 0 saturated carbocycles. The van der Waals surface area contributed by atoms with E-state index in [0.29, 0.717) is 6.07 Å². The number of halogens is 2. The number of ether oxygens (including phenoxy) is 1. The van der Waals surface area contributed by atoms with E-state index in [2.05, 4.69) is 10.6 Å². The summed E-state index contributed by atoms with van der Waals surface area (Å²) in [7, 11) is 0. The number of anilines is 1. The van der Waals surface area contributed by atoms with Crippen molar-refractivity contribution in [2.45, 2.75) is 19.4 Å². The maximum Gasteiger partial charge on any atom is 0.326 e. The number of amides is 2. The highest BCUT2D eigenvalue weighted by Crippen LogP contribution is 2.15. The quantitative estimate of drug-likeness (QED) is 0.726. The summed E-state index contributed by atoms with van der Waals surface area (Å²) in [6.07, 6.45) is -1.12. The summed E-state index contributed by atoms with van der Waals surface area (Å²) < 4.78 is 31.2. The van der Waals surface area contributed by atoms with E-state index >= 15 is 0 Å². The Balaban J connectivity index is 1.77. The monoisotopic (exact) mass is 376 g/mol. The van der Waals surface area contributed by atoms with Gasteiger partial charge in [0, 0.05) is 6.07 Å². The fourth-order valence-corrected chi connectivity index (χ4v) is 2.13. The number of hydrogen-bond acceptors (Lipinski definition) is 4. The molecule has 0 heterocycles. The zero-order chi connectivity index (χ0) is 19.8. The van der Waals surface area contributed by atoms with Crippen LogP contribution in [0, 0.1) is 11.6 Å². The van der Waals surface area contributed by atoms with Crippen molar-refractivity contribution in [1.29, 1.82) is 0 Å². The summed E-state index contributed by atoms with van der Waals surface area (Å²) in [5.74, 6) is -3.71. The van der Waals surface area contributed by atoms with Crippen molar-refractivity contribution in [3.05, 3.63) is 65.7 Å². The Labute approximate surface area is 154 Å². The van der Waals surface area contributed by atoms with Crippen LogP contribution < -0.4 is 10.6 Å². The number of carbonyl (C=O) groups excluding carboxylic acids is 3. The first-order valence-electron chi connectivity index (χ1n) is 8.11. The van der Waals surface area contributed by atoms with E-state index in [4.69, 9.17) is 4.74 Å². The van der Waals surface area contributed by atoms with Crippen LogP contribution in [0.2, 0.25) is 0 Å². The molecule has 2 rings (SSSR count). The van der Waals surface area contributed by atoms with E-state index in [1.165, 1.54) is 6.92 Å². The first kappa shape index (κ1) is 20.0. The van der Waals surface area contributed by atoms with Crippen molar-refractivity contribution in [2.24, 2.45) is 0 Å². The van der Waals surface area contributed by atoms with E-state index < -0.39 is 36.2 Å². The molecule has 0 aromatic heterocycles. The Morgan fingerprint density at radius 1 is 1.07 bits per heavy atom. The van der Waals surface area contributed by atoms with Gasteiger partial charge >= 0.3 is 5.97 Å². The molecule has 0 saturated heterocycles. The Morgan fingerprint density at radius 2 is 1.78 bits per heavy atom. The van der Waals surface area contributed by atoms with Crippen molar-refractivity contribution >= 4 is 23.5 Å². The molecule has 27 heavy (non-hydrogen) atoms. The van der Waals surface area contributed by atoms with Crippen LogP contribution in [0.1, 0.15) is 12.5 Å². The van der Waals surface area contributed by atoms with Crippen LogP contribution in [-0.2, 0) is 25.5 Å². The SMILES string of the molecule is C[C@H](OC(=O)CNC(=O)Cc1ccccc1)C(=O)Nc1ccc(F)cc1F. The van der Waals surface area contributed by atoms with E-state index in [-0.39, 0.29) is 18.0 Å². The highest BCUT2D eigenvalue weighted by Gasteiger charge is 2.19. The van der Waals surface area contributed by atoms with Gasteiger partial charge in [0.1, 0.15) is 18.2 Å². The zero-order valence-electron chi connectivity index (χ0n) is 14.5. The van der Waals surface area contributed by atoms with Gasteiger partial charge in [0.15, 0.2) is 6.10 Å². The van der Waals surface area contributed by atoms with E-state index in [1.807, 2.05) is 6.07 Å². The number of rotatable bonds is 7. The molecule has 0 aliphatic heterocycles. The van der Waals surface area contributed by atoms with Crippen molar-refractivity contribution in [1.82, 2.24) is 5.32 Å². The fourth-order valence-electron chi connectivity index (χ4n) is 2.13. The van der Waals surface area contributed by atoms with E-state index in [0.717, 1.165) is 17.7 Å². The van der Waals surface area contributed by atoms with Gasteiger partial charge in [-0.3, -0.25) is 14.4 Å². The topological polar surface area (TPSA) is 84.5 Å². The summed E-state index contributed by atoms with van der Waals surface area (Å²) in [5, 5.41) is 4.59. The lowest BCUT2D eigenvalue weighted by molar-refractivity contribution is -0.152. The highest BCUT2D eigenvalue weighted by molar-refractivity contribution is 5.95. The molecule has 6 nitrogen and oxygen atoms in total. The molecule has 0 fully saturated rings. The number of esters is 1. The maximum atomic E-state index is 13.5. The van der Waals surface area contributed by atoms with Gasteiger partial charge in [-0.2, -0.15) is 0 Å². The molecule has 0 bridgehead atoms. The minimum atomic E-state index is -1.23. The Hall–Kier alpha value is -3.29. The Kier molecular flexibility index (Phi) is 6.99. The summed E-state index contributed by atoms with van der Waals surface area (Å²) in [5.41, 5.74) is 0.554. The average molecular weight is 376 g/mol. The average Bonchev–Trinajstić information content (AvgIpc) is 2.63. The van der Waals surface area contributed by atoms with Gasteiger partial charge in [0.25, 0.3) is 5.91 Å². The summed E-state index contributed by atoms with van der Waals surface area (Å²) >= 11 is 0. The molecule has 142 valence electrons. The van der Waals surface area contributed by atoms with Crippen molar-refractivity contribution in [2.75, 3.05) is 11.9 Å². The van der Waals surface area contributed by atoms with Crippen LogP contribution in [0.15, 0.2) is 48.5 Å². The van der Waals surface area contributed by atoms with E-state index in [9.17, 15) is 23.2 Å². The molecule has 0 radical (unpaired) electrons. The van der Waals surface area contributed by atoms with Gasteiger partial charge < -0.3 is 15.4 Å². The molecule has 2 N–H and O–H groups in total. The minimum absolute atomic E-state index is 0.105. The lowest BCUT2D eigenvalue weighted by Gasteiger charge is -2.14. The van der Waals surface area contributed by atoms with Crippen LogP contribution >= 0.6 is 0 Å². The molecule has 2 amide bonds. The second-order valence-electron chi connectivity index (χ2n) is 5.68. The van der Waals surface area contributed by atoms with Gasteiger partial charge in [-0.05, 0) is 24.6 Å². The van der Waals surface area contributed by atoms with Crippen molar-refractivity contribution in [3.8, 4) is 0 Å². The molecule has 0 aliphatic carbocycles. The molecular weight excluding hydrogens is 358 g/mol. The van der Waals surface area contributed by atoms with Crippen LogP contribution in [0.5, 0.6) is 0 Å². The Morgan fingerprint density at radius 3 is 2.44 bits per heavy atom. The third kappa shape index (κ3) is 6.50. The molecule has 0 spiro atoms. The molecule has 1 atom stereocenters. The standard InChI is InChI=1S/C19H18F2N2O4/c1-12(19(26)23-16-8-7-14(20)10-15(16)21)27-18(25)11-22-17(24)9-13-5-3-2-4-6-13/h2-8,10,12H,9,11H2,1H3,(H,22,24)(H,23,26)/t12-/m0/s1. The maximum absolute atomic E-state index is 13.5. The van der Waals surface area contributed by atoms with Crippen LogP contribution in [0.25, 0.3) is 0 Å². The predicted octanol–water partition coefficient (Wildman–Crippen LogP) is 2.19. The van der Waals surface area contributed by atoms with Gasteiger partial charge in [0.2, 0.25) is 5.91 Å². The second-order valence-corrected chi connectivity index (χ2v) is 5.68. The summed E-state index contributed by atoms with van der Waals surface area (Å²) in [4.78, 5) is 35.4. The summed E-state index contributed by atoms with van der Waals surface area (Å²) in [6, 6.07) is 11.6. The fraction of sp³-hybridized carbons (Fsp3) is 0.211. The number of nitrogens with one attached hydrogen (secondary N) is 2. The van der Waals surface area contributed by atoms with Gasteiger partial charge in [-0.25, -0.2) is 8.78 Å². The molecular formula is C19H18F2N2O4. The van der Waals surface area contributed by atoms with Gasteiger partial charge in [-0.1, -0.05) is 30.3 Å². The van der Waals surface area contributed by atoms with Crippen LogP contribution in [0.4, 0.5) is 14.5 Å². The smallest absolute Gasteiger partial charge is 0.326 e. The lowest BCUT2D eigenvalue weighted by Crippen LogP contribution is -2.36. The number of benzene rings is 2. The first-order chi connectivity index (χ1) is 12.8. The molecule has 8 heteroatoms. The number of hydrogen-bond donors (Lipinski definition) is 2. The van der Waals surface area contributed by atoms with E-state index in [1.54, 1.807) is 24.3 Å². The third-order valence-electron chi connectivity index (χ3n) is 3.50. The first-order valence-corrected chi connectivity index (χ1v) is 8.11. The second kappa shape index (κ2) is 9.42. The van der Waals surface area contributed by atoms with Crippen molar-refractivity contribution in [3.63, 3.8) is 0 Å². The minimum Gasteiger partial charge on any atom is -0.451 e. The van der Waals surface area contributed by atoms with Crippen LogP contribution in [0.3, 0.4) is 0 Å². The number of carbonyl (C=O) groups is 3. The molecule has 0 unspecified atom stereocenters. The molecule has 2 aromatic carbocycles. The molecule has 2 aromatic rings. The normalized spacial score (nSPS) is 11.4. The Bertz CT molecular complexity index is 828. The third-order valence-corrected chi connectivity index (χ3v) is 3.50. The predicted molar refractivity (Wildman–Crippen MR) is 93.7 cm³/mol. The highest BCUT2D eigenvalue weighted by atomic mass is 19.1. The van der Waals surface area contributed by atoms with Gasteiger partial charge in [0.05, 0.1) is 12.1 Å². The molecule has 0 aliphatic rings. The van der Waals surface area contributed by atoms with Crippen LogP contribution in [-0.4, -0.2) is 30.4 Å².